The lowest BCUT2D eigenvalue weighted by molar-refractivity contribution is -0.150. The van der Waals surface area contributed by atoms with E-state index >= 15 is 0 Å². The summed E-state index contributed by atoms with van der Waals surface area (Å²) >= 11 is 0. The molecule has 0 radical (unpaired) electrons. The van der Waals surface area contributed by atoms with Crippen LogP contribution in [0.2, 0.25) is 0 Å². The van der Waals surface area contributed by atoms with E-state index in [4.69, 9.17) is 4.74 Å². The van der Waals surface area contributed by atoms with Gasteiger partial charge in [0.25, 0.3) is 0 Å². The highest BCUT2D eigenvalue weighted by molar-refractivity contribution is 5.81. The van der Waals surface area contributed by atoms with Crippen molar-refractivity contribution in [1.82, 2.24) is 4.90 Å². The van der Waals surface area contributed by atoms with Gasteiger partial charge in [-0.15, -0.1) is 0 Å². The van der Waals surface area contributed by atoms with Crippen LogP contribution in [0, 0.1) is 0 Å². The van der Waals surface area contributed by atoms with Crippen molar-refractivity contribution in [2.45, 2.75) is 65.9 Å². The third-order valence-electron chi connectivity index (χ3n) is 2.79. The Morgan fingerprint density at radius 3 is 2.06 bits per heavy atom. The zero-order chi connectivity index (χ0) is 14.0. The van der Waals surface area contributed by atoms with E-state index in [0.717, 1.165) is 32.4 Å². The maximum absolute atomic E-state index is 11.9. The van der Waals surface area contributed by atoms with Gasteiger partial charge in [0.2, 0.25) is 5.91 Å². The summed E-state index contributed by atoms with van der Waals surface area (Å²) in [4.78, 5) is 25.2. The summed E-state index contributed by atoms with van der Waals surface area (Å²) in [5, 5.41) is 0. The fraction of sp³-hybridized carbons (Fsp3) is 0.857. The van der Waals surface area contributed by atoms with E-state index in [-0.39, 0.29) is 30.8 Å². The molecule has 1 unspecified atom stereocenters. The van der Waals surface area contributed by atoms with Crippen LogP contribution in [-0.4, -0.2) is 36.0 Å². The Bertz CT molecular complexity index is 247. The number of carbonyl (C=O) groups is 2. The van der Waals surface area contributed by atoms with Gasteiger partial charge < -0.3 is 9.64 Å². The van der Waals surface area contributed by atoms with Crippen molar-refractivity contribution >= 4 is 11.9 Å². The van der Waals surface area contributed by atoms with E-state index in [2.05, 4.69) is 0 Å². The van der Waals surface area contributed by atoms with Crippen LogP contribution in [0.25, 0.3) is 0 Å². The molecule has 0 aromatic carbocycles. The highest BCUT2D eigenvalue weighted by Crippen LogP contribution is 2.04. The summed E-state index contributed by atoms with van der Waals surface area (Å²) in [6.45, 7) is 9.47. The molecular formula is C14H27NO3. The predicted octanol–water partition coefficient (Wildman–Crippen LogP) is 2.76. The maximum atomic E-state index is 11.9. The van der Waals surface area contributed by atoms with E-state index in [1.807, 2.05) is 32.6 Å². The molecule has 4 heteroatoms. The zero-order valence-corrected chi connectivity index (χ0v) is 12.2. The van der Waals surface area contributed by atoms with Crippen LogP contribution in [0.3, 0.4) is 0 Å². The highest BCUT2D eigenvalue weighted by Gasteiger charge is 2.15. The molecule has 0 spiro atoms. The first-order valence-electron chi connectivity index (χ1n) is 7.02. The third-order valence-corrected chi connectivity index (χ3v) is 2.79. The van der Waals surface area contributed by atoms with E-state index in [9.17, 15) is 9.59 Å². The van der Waals surface area contributed by atoms with E-state index in [1.165, 1.54) is 0 Å². The average molecular weight is 257 g/mol. The Kier molecular flexibility index (Phi) is 9.33. The molecule has 4 nitrogen and oxygen atoms in total. The van der Waals surface area contributed by atoms with Crippen LogP contribution in [0.15, 0.2) is 0 Å². The van der Waals surface area contributed by atoms with Gasteiger partial charge in [0.15, 0.2) is 0 Å². The van der Waals surface area contributed by atoms with Crippen molar-refractivity contribution in [1.29, 1.82) is 0 Å². The molecule has 18 heavy (non-hydrogen) atoms. The number of ether oxygens (including phenoxy) is 1. The fourth-order valence-electron chi connectivity index (χ4n) is 1.63. The van der Waals surface area contributed by atoms with Gasteiger partial charge in [0.1, 0.15) is 0 Å². The number of hydrogen-bond acceptors (Lipinski definition) is 3. The van der Waals surface area contributed by atoms with Crippen LogP contribution >= 0.6 is 0 Å². The van der Waals surface area contributed by atoms with Gasteiger partial charge in [-0.3, -0.25) is 9.59 Å². The number of rotatable bonds is 9. The molecule has 1 atom stereocenters. The summed E-state index contributed by atoms with van der Waals surface area (Å²) in [5.41, 5.74) is 0. The molecule has 106 valence electrons. The maximum Gasteiger partial charge on any atom is 0.306 e. The quantitative estimate of drug-likeness (QED) is 0.597. The minimum Gasteiger partial charge on any atom is -0.463 e. The lowest BCUT2D eigenvalue weighted by Gasteiger charge is -2.21. The Morgan fingerprint density at radius 2 is 1.61 bits per heavy atom. The summed E-state index contributed by atoms with van der Waals surface area (Å²) in [5.74, 6) is -0.217. The highest BCUT2D eigenvalue weighted by atomic mass is 16.5. The van der Waals surface area contributed by atoms with Crippen molar-refractivity contribution < 1.29 is 14.3 Å². The molecule has 0 fully saturated rings. The first kappa shape index (κ1) is 16.9. The van der Waals surface area contributed by atoms with Gasteiger partial charge >= 0.3 is 5.97 Å². The van der Waals surface area contributed by atoms with Crippen molar-refractivity contribution in [3.05, 3.63) is 0 Å². The van der Waals surface area contributed by atoms with Gasteiger partial charge in [0, 0.05) is 19.5 Å². The second-order valence-corrected chi connectivity index (χ2v) is 4.59. The summed E-state index contributed by atoms with van der Waals surface area (Å²) in [6.07, 6.45) is 3.08. The van der Waals surface area contributed by atoms with E-state index in [0.29, 0.717) is 0 Å². The molecule has 0 saturated heterocycles. The molecule has 0 aromatic rings. The van der Waals surface area contributed by atoms with Crippen LogP contribution in [0.1, 0.15) is 59.8 Å². The molecule has 0 aliphatic carbocycles. The lowest BCUT2D eigenvalue weighted by Crippen LogP contribution is -2.32. The largest absolute Gasteiger partial charge is 0.463 e. The Balaban J connectivity index is 4.02. The minimum absolute atomic E-state index is 0.0554. The minimum atomic E-state index is -0.273. The van der Waals surface area contributed by atoms with Gasteiger partial charge in [-0.25, -0.2) is 0 Å². The molecule has 0 heterocycles. The second kappa shape index (κ2) is 9.92. The SMILES string of the molecule is CCCN(CCC)C(=O)CCC(=O)OC(C)CC. The lowest BCUT2D eigenvalue weighted by atomic mass is 10.2. The third kappa shape index (κ3) is 7.30. The Hall–Kier alpha value is -1.06. The average Bonchev–Trinajstić information content (AvgIpc) is 2.35. The molecule has 0 aliphatic heterocycles. The number of amides is 1. The van der Waals surface area contributed by atoms with E-state index < -0.39 is 0 Å². The number of hydrogen-bond donors (Lipinski definition) is 0. The molecule has 0 saturated carbocycles. The smallest absolute Gasteiger partial charge is 0.306 e. The van der Waals surface area contributed by atoms with Gasteiger partial charge in [-0.05, 0) is 26.2 Å². The summed E-state index contributed by atoms with van der Waals surface area (Å²) in [7, 11) is 0. The van der Waals surface area contributed by atoms with Crippen LogP contribution in [0.5, 0.6) is 0 Å². The molecular weight excluding hydrogens is 230 g/mol. The molecule has 0 N–H and O–H groups in total. The Labute approximate surface area is 111 Å². The fourth-order valence-corrected chi connectivity index (χ4v) is 1.63. The zero-order valence-electron chi connectivity index (χ0n) is 12.2. The van der Waals surface area contributed by atoms with Crippen LogP contribution < -0.4 is 0 Å². The molecule has 0 rings (SSSR count). The van der Waals surface area contributed by atoms with Crippen LogP contribution in [-0.2, 0) is 14.3 Å². The van der Waals surface area contributed by atoms with Gasteiger partial charge in [-0.1, -0.05) is 20.8 Å². The van der Waals surface area contributed by atoms with Crippen molar-refractivity contribution in [2.75, 3.05) is 13.1 Å². The van der Waals surface area contributed by atoms with Gasteiger partial charge in [-0.2, -0.15) is 0 Å². The molecule has 1 amide bonds. The standard InChI is InChI=1S/C14H27NO3/c1-5-10-15(11-6-2)13(16)8-9-14(17)18-12(4)7-3/h12H,5-11H2,1-4H3. The Morgan fingerprint density at radius 1 is 1.06 bits per heavy atom. The van der Waals surface area contributed by atoms with Crippen molar-refractivity contribution in [2.24, 2.45) is 0 Å². The number of esters is 1. The predicted molar refractivity (Wildman–Crippen MR) is 72.2 cm³/mol. The number of nitrogens with zero attached hydrogens (tertiary/aromatic N) is 1. The molecule has 0 aliphatic rings. The second-order valence-electron chi connectivity index (χ2n) is 4.59. The molecule has 0 bridgehead atoms. The first-order chi connectivity index (χ1) is 8.54. The summed E-state index contributed by atoms with van der Waals surface area (Å²) in [6, 6.07) is 0. The summed E-state index contributed by atoms with van der Waals surface area (Å²) < 4.78 is 5.14. The monoisotopic (exact) mass is 257 g/mol. The van der Waals surface area contributed by atoms with Gasteiger partial charge in [0.05, 0.1) is 12.5 Å². The number of carbonyl (C=O) groups excluding carboxylic acids is 2. The topological polar surface area (TPSA) is 46.6 Å². The molecule has 0 aromatic heterocycles. The van der Waals surface area contributed by atoms with Crippen molar-refractivity contribution in [3.8, 4) is 0 Å². The van der Waals surface area contributed by atoms with Crippen molar-refractivity contribution in [3.63, 3.8) is 0 Å². The van der Waals surface area contributed by atoms with E-state index in [1.54, 1.807) is 0 Å². The first-order valence-corrected chi connectivity index (χ1v) is 7.02. The normalized spacial score (nSPS) is 12.0. The van der Waals surface area contributed by atoms with Crippen LogP contribution in [0.4, 0.5) is 0 Å².